The van der Waals surface area contributed by atoms with Crippen LogP contribution in [-0.4, -0.2) is 25.0 Å². The zero-order valence-electron chi connectivity index (χ0n) is 10.7. The van der Waals surface area contributed by atoms with Crippen LogP contribution in [0.2, 0.25) is 5.02 Å². The lowest BCUT2D eigenvalue weighted by Gasteiger charge is -2.23. The summed E-state index contributed by atoms with van der Waals surface area (Å²) in [7, 11) is 0. The molecule has 0 radical (unpaired) electrons. The molecule has 1 amide bonds. The molecule has 1 aliphatic heterocycles. The molecule has 2 aromatic rings. The molecule has 3 nitrogen and oxygen atoms in total. The summed E-state index contributed by atoms with van der Waals surface area (Å²) in [6.45, 7) is 1.78. The first-order chi connectivity index (χ1) is 9.65. The standard InChI is InChI=1S/C14H14ClFN2OS/c15-10-3-4-11(16)13-9(10)6-12(20-13)14(19)18-8-2-1-5-17-7-8/h3-4,6,8,17H,1-2,5,7H2,(H,18,19)/t8-/m1/s1. The van der Waals surface area contributed by atoms with Crippen LogP contribution in [0.1, 0.15) is 22.5 Å². The summed E-state index contributed by atoms with van der Waals surface area (Å²) in [6.07, 6.45) is 2.02. The zero-order chi connectivity index (χ0) is 14.1. The number of nitrogens with one attached hydrogen (secondary N) is 2. The molecule has 0 saturated carbocycles. The van der Waals surface area contributed by atoms with E-state index in [-0.39, 0.29) is 17.8 Å². The maximum absolute atomic E-state index is 13.7. The number of benzene rings is 1. The van der Waals surface area contributed by atoms with E-state index in [0.717, 1.165) is 37.3 Å². The second-order valence-corrected chi connectivity index (χ2v) is 6.36. The van der Waals surface area contributed by atoms with Gasteiger partial charge in [-0.25, -0.2) is 4.39 Å². The Labute approximate surface area is 125 Å². The van der Waals surface area contributed by atoms with Crippen molar-refractivity contribution in [1.29, 1.82) is 0 Å². The zero-order valence-corrected chi connectivity index (χ0v) is 12.3. The third-order valence-corrected chi connectivity index (χ3v) is 4.91. The van der Waals surface area contributed by atoms with Crippen LogP contribution in [-0.2, 0) is 0 Å². The number of thiophene rings is 1. The first-order valence-electron chi connectivity index (χ1n) is 6.54. The van der Waals surface area contributed by atoms with E-state index in [1.807, 2.05) is 0 Å². The molecular formula is C14H14ClFN2OS. The number of rotatable bonds is 2. The molecule has 0 bridgehead atoms. The number of hydrogen-bond acceptors (Lipinski definition) is 3. The molecule has 6 heteroatoms. The van der Waals surface area contributed by atoms with Gasteiger partial charge in [0.05, 0.1) is 9.58 Å². The second-order valence-electron chi connectivity index (χ2n) is 4.90. The van der Waals surface area contributed by atoms with E-state index in [0.29, 0.717) is 20.0 Å². The van der Waals surface area contributed by atoms with Crippen LogP contribution in [0, 0.1) is 5.82 Å². The number of halogens is 2. The maximum atomic E-state index is 13.7. The Kier molecular flexibility index (Phi) is 3.92. The smallest absolute Gasteiger partial charge is 0.261 e. The van der Waals surface area contributed by atoms with Gasteiger partial charge in [0.25, 0.3) is 5.91 Å². The highest BCUT2D eigenvalue weighted by Crippen LogP contribution is 2.33. The lowest BCUT2D eigenvalue weighted by Crippen LogP contribution is -2.45. The molecule has 1 aromatic heterocycles. The predicted molar refractivity (Wildman–Crippen MR) is 80.2 cm³/mol. The van der Waals surface area contributed by atoms with Crippen molar-refractivity contribution in [1.82, 2.24) is 10.6 Å². The molecule has 1 fully saturated rings. The number of hydrogen-bond donors (Lipinski definition) is 2. The number of carbonyl (C=O) groups is 1. The topological polar surface area (TPSA) is 41.1 Å². The van der Waals surface area contributed by atoms with Crippen molar-refractivity contribution in [2.75, 3.05) is 13.1 Å². The molecule has 1 aliphatic rings. The lowest BCUT2D eigenvalue weighted by molar-refractivity contribution is 0.0935. The summed E-state index contributed by atoms with van der Waals surface area (Å²) in [4.78, 5) is 12.7. The van der Waals surface area contributed by atoms with E-state index >= 15 is 0 Å². The van der Waals surface area contributed by atoms with Crippen molar-refractivity contribution in [3.05, 3.63) is 33.9 Å². The fourth-order valence-corrected chi connectivity index (χ4v) is 3.66. The van der Waals surface area contributed by atoms with Gasteiger partial charge < -0.3 is 10.6 Å². The largest absolute Gasteiger partial charge is 0.347 e. The summed E-state index contributed by atoms with van der Waals surface area (Å²) in [5.74, 6) is -0.497. The third-order valence-electron chi connectivity index (χ3n) is 3.44. The van der Waals surface area contributed by atoms with Gasteiger partial charge in [-0.15, -0.1) is 11.3 Å². The van der Waals surface area contributed by atoms with Crippen molar-refractivity contribution < 1.29 is 9.18 Å². The molecule has 0 aliphatic carbocycles. The van der Waals surface area contributed by atoms with Crippen LogP contribution in [0.25, 0.3) is 10.1 Å². The summed E-state index contributed by atoms with van der Waals surface area (Å²) >= 11 is 7.18. The minimum Gasteiger partial charge on any atom is -0.347 e. The van der Waals surface area contributed by atoms with E-state index in [4.69, 9.17) is 11.6 Å². The van der Waals surface area contributed by atoms with E-state index in [9.17, 15) is 9.18 Å². The Morgan fingerprint density at radius 3 is 3.05 bits per heavy atom. The van der Waals surface area contributed by atoms with Gasteiger partial charge in [-0.1, -0.05) is 11.6 Å². The van der Waals surface area contributed by atoms with Gasteiger partial charge in [-0.2, -0.15) is 0 Å². The summed E-state index contributed by atoms with van der Waals surface area (Å²) < 4.78 is 14.1. The summed E-state index contributed by atoms with van der Waals surface area (Å²) in [6, 6.07) is 4.64. The number of carbonyl (C=O) groups excluding carboxylic acids is 1. The predicted octanol–water partition coefficient (Wildman–Crippen LogP) is 3.18. The van der Waals surface area contributed by atoms with Crippen molar-refractivity contribution in [3.63, 3.8) is 0 Å². The van der Waals surface area contributed by atoms with Gasteiger partial charge in [0.2, 0.25) is 0 Å². The van der Waals surface area contributed by atoms with E-state index < -0.39 is 0 Å². The highest BCUT2D eigenvalue weighted by molar-refractivity contribution is 7.21. The molecule has 1 aromatic carbocycles. The molecule has 20 heavy (non-hydrogen) atoms. The Hall–Kier alpha value is -1.17. The lowest BCUT2D eigenvalue weighted by atomic mass is 10.1. The average Bonchev–Trinajstić information content (AvgIpc) is 2.91. The Bertz CT molecular complexity index is 613. The minimum atomic E-state index is -0.340. The molecule has 3 rings (SSSR count). The summed E-state index contributed by atoms with van der Waals surface area (Å²) in [5.41, 5.74) is 0. The van der Waals surface area contributed by atoms with Gasteiger partial charge in [-0.3, -0.25) is 4.79 Å². The Morgan fingerprint density at radius 2 is 2.35 bits per heavy atom. The van der Waals surface area contributed by atoms with Crippen LogP contribution in [0.5, 0.6) is 0 Å². The van der Waals surface area contributed by atoms with Crippen molar-refractivity contribution >= 4 is 38.9 Å². The van der Waals surface area contributed by atoms with Crippen molar-refractivity contribution in [2.24, 2.45) is 0 Å². The number of piperidine rings is 1. The Morgan fingerprint density at radius 1 is 1.50 bits per heavy atom. The van der Waals surface area contributed by atoms with Crippen LogP contribution in [0.4, 0.5) is 4.39 Å². The van der Waals surface area contributed by atoms with E-state index in [1.165, 1.54) is 12.1 Å². The first kappa shape index (κ1) is 13.8. The van der Waals surface area contributed by atoms with Gasteiger partial charge >= 0.3 is 0 Å². The monoisotopic (exact) mass is 312 g/mol. The molecule has 0 unspecified atom stereocenters. The van der Waals surface area contributed by atoms with Crippen LogP contribution in [0.3, 0.4) is 0 Å². The molecule has 0 spiro atoms. The van der Waals surface area contributed by atoms with E-state index in [1.54, 1.807) is 6.07 Å². The van der Waals surface area contributed by atoms with Gasteiger partial charge in [0.1, 0.15) is 5.82 Å². The third kappa shape index (κ3) is 2.66. The second kappa shape index (κ2) is 5.68. The molecule has 2 heterocycles. The first-order valence-corrected chi connectivity index (χ1v) is 7.74. The highest BCUT2D eigenvalue weighted by Gasteiger charge is 2.19. The van der Waals surface area contributed by atoms with Gasteiger partial charge in [0, 0.05) is 23.0 Å². The fraction of sp³-hybridized carbons (Fsp3) is 0.357. The van der Waals surface area contributed by atoms with Crippen molar-refractivity contribution in [2.45, 2.75) is 18.9 Å². The van der Waals surface area contributed by atoms with Crippen LogP contribution in [0.15, 0.2) is 18.2 Å². The Balaban J connectivity index is 1.84. The maximum Gasteiger partial charge on any atom is 0.261 e. The molecule has 106 valence electrons. The molecule has 1 atom stereocenters. The number of fused-ring (bicyclic) bond motifs is 1. The fourth-order valence-electron chi connectivity index (χ4n) is 2.40. The normalized spacial score (nSPS) is 19.2. The average molecular weight is 313 g/mol. The quantitative estimate of drug-likeness (QED) is 0.894. The molecular weight excluding hydrogens is 299 g/mol. The van der Waals surface area contributed by atoms with E-state index in [2.05, 4.69) is 10.6 Å². The SMILES string of the molecule is O=C(N[C@@H]1CCCNC1)c1cc2c(Cl)ccc(F)c2s1. The summed E-state index contributed by atoms with van der Waals surface area (Å²) in [5, 5.41) is 7.29. The number of amides is 1. The van der Waals surface area contributed by atoms with Gasteiger partial charge in [-0.05, 0) is 37.6 Å². The van der Waals surface area contributed by atoms with Crippen LogP contribution >= 0.6 is 22.9 Å². The molecule has 1 saturated heterocycles. The van der Waals surface area contributed by atoms with Crippen LogP contribution < -0.4 is 10.6 Å². The molecule has 2 N–H and O–H groups in total. The van der Waals surface area contributed by atoms with Gasteiger partial charge in [0.15, 0.2) is 0 Å². The van der Waals surface area contributed by atoms with Crippen molar-refractivity contribution in [3.8, 4) is 0 Å². The highest BCUT2D eigenvalue weighted by atomic mass is 35.5. The minimum absolute atomic E-state index is 0.141.